The van der Waals surface area contributed by atoms with Crippen molar-refractivity contribution in [1.82, 2.24) is 0 Å². The Morgan fingerprint density at radius 1 is 0.857 bits per heavy atom. The number of carbonyl (C=O) groups is 2. The molecule has 0 aromatic heterocycles. The minimum atomic E-state index is -0.528. The monoisotopic (exact) mass is 282 g/mol. The van der Waals surface area contributed by atoms with Gasteiger partial charge in [0.15, 0.2) is 0 Å². The molecule has 0 spiro atoms. The van der Waals surface area contributed by atoms with Gasteiger partial charge in [0.1, 0.15) is 5.75 Å². The average Bonchev–Trinajstić information content (AvgIpc) is 2.54. The summed E-state index contributed by atoms with van der Waals surface area (Å²) in [6.45, 7) is 4.25. The molecule has 0 saturated carbocycles. The second-order valence-corrected chi connectivity index (χ2v) is 4.60. The maximum absolute atomic E-state index is 12.5. The molecule has 0 fully saturated rings. The van der Waals surface area contributed by atoms with E-state index in [0.29, 0.717) is 29.9 Å². The highest BCUT2D eigenvalue weighted by molar-refractivity contribution is 6.50. The van der Waals surface area contributed by atoms with E-state index in [4.69, 9.17) is 4.74 Å². The van der Waals surface area contributed by atoms with Gasteiger partial charge < -0.3 is 4.74 Å². The molecule has 0 radical (unpaired) electrons. The Hall–Kier alpha value is -2.42. The van der Waals surface area contributed by atoms with Crippen LogP contribution in [0.5, 0.6) is 5.75 Å². The van der Waals surface area contributed by atoms with Crippen molar-refractivity contribution in [2.24, 2.45) is 0 Å². The normalized spacial score (nSPS) is 10.2. The number of ketones is 2. The fourth-order valence-corrected chi connectivity index (χ4v) is 2.23. The predicted molar refractivity (Wildman–Crippen MR) is 82.1 cm³/mol. The molecule has 108 valence electrons. The molecule has 0 N–H and O–H groups in total. The molecule has 0 unspecified atom stereocenters. The first-order chi connectivity index (χ1) is 10.2. The van der Waals surface area contributed by atoms with Crippen LogP contribution in [0.25, 0.3) is 0 Å². The number of ether oxygens (including phenoxy) is 1. The maximum atomic E-state index is 12.5. The second kappa shape index (κ2) is 6.84. The summed E-state index contributed by atoms with van der Waals surface area (Å²) in [5.74, 6) is -0.563. The van der Waals surface area contributed by atoms with Gasteiger partial charge in [-0.3, -0.25) is 9.59 Å². The zero-order chi connectivity index (χ0) is 15.2. The summed E-state index contributed by atoms with van der Waals surface area (Å²) in [6, 6.07) is 14.1. The molecule has 2 rings (SSSR count). The van der Waals surface area contributed by atoms with Crippen LogP contribution in [0.2, 0.25) is 0 Å². The molecule has 0 amide bonds. The predicted octanol–water partition coefficient (Wildman–Crippen LogP) is 3.71. The van der Waals surface area contributed by atoms with E-state index < -0.39 is 11.6 Å². The molecule has 0 atom stereocenters. The lowest BCUT2D eigenvalue weighted by atomic mass is 9.96. The summed E-state index contributed by atoms with van der Waals surface area (Å²) in [5.41, 5.74) is 1.66. The first-order valence-corrected chi connectivity index (χ1v) is 7.07. The SMILES string of the molecule is CCOc1ccccc1C(=O)C(=O)c1ccccc1CC. The van der Waals surface area contributed by atoms with Crippen LogP contribution in [0.1, 0.15) is 40.1 Å². The van der Waals surface area contributed by atoms with Gasteiger partial charge >= 0.3 is 0 Å². The molecule has 2 aromatic carbocycles. The van der Waals surface area contributed by atoms with E-state index in [0.717, 1.165) is 5.56 Å². The van der Waals surface area contributed by atoms with Crippen molar-refractivity contribution in [2.75, 3.05) is 6.61 Å². The van der Waals surface area contributed by atoms with Crippen LogP contribution in [0.4, 0.5) is 0 Å². The molecular weight excluding hydrogens is 264 g/mol. The number of carbonyl (C=O) groups excluding carboxylic acids is 2. The van der Waals surface area contributed by atoms with E-state index in [1.165, 1.54) is 0 Å². The van der Waals surface area contributed by atoms with Crippen molar-refractivity contribution in [3.8, 4) is 5.75 Å². The van der Waals surface area contributed by atoms with Crippen LogP contribution < -0.4 is 4.74 Å². The Balaban J connectivity index is 2.38. The van der Waals surface area contributed by atoms with E-state index in [-0.39, 0.29) is 0 Å². The summed E-state index contributed by atoms with van der Waals surface area (Å²) in [6.07, 6.45) is 0.711. The molecule has 0 aliphatic rings. The Morgan fingerprint density at radius 3 is 2.10 bits per heavy atom. The third kappa shape index (κ3) is 3.19. The Bertz CT molecular complexity index is 659. The average molecular weight is 282 g/mol. The molecular formula is C18H18O3. The second-order valence-electron chi connectivity index (χ2n) is 4.60. The number of hydrogen-bond acceptors (Lipinski definition) is 3. The van der Waals surface area contributed by atoms with Crippen molar-refractivity contribution in [3.05, 3.63) is 65.2 Å². The summed E-state index contributed by atoms with van der Waals surface area (Å²) in [5, 5.41) is 0. The van der Waals surface area contributed by atoms with Crippen molar-refractivity contribution in [2.45, 2.75) is 20.3 Å². The maximum Gasteiger partial charge on any atom is 0.237 e. The van der Waals surface area contributed by atoms with Crippen molar-refractivity contribution < 1.29 is 14.3 Å². The number of benzene rings is 2. The van der Waals surface area contributed by atoms with Crippen LogP contribution in [0, 0.1) is 0 Å². The Morgan fingerprint density at radius 2 is 1.43 bits per heavy atom. The first kappa shape index (κ1) is 15.0. The van der Waals surface area contributed by atoms with Gasteiger partial charge in [0, 0.05) is 5.56 Å². The van der Waals surface area contributed by atoms with Gasteiger partial charge in [0.25, 0.3) is 0 Å². The first-order valence-electron chi connectivity index (χ1n) is 7.07. The van der Waals surface area contributed by atoms with Gasteiger partial charge in [-0.1, -0.05) is 43.3 Å². The lowest BCUT2D eigenvalue weighted by Gasteiger charge is -2.10. The van der Waals surface area contributed by atoms with E-state index in [1.807, 2.05) is 26.0 Å². The topological polar surface area (TPSA) is 43.4 Å². The number of rotatable bonds is 6. The van der Waals surface area contributed by atoms with Crippen LogP contribution in [-0.4, -0.2) is 18.2 Å². The standard InChI is InChI=1S/C18H18O3/c1-3-13-9-5-6-10-14(13)17(19)18(20)15-11-7-8-12-16(15)21-4-2/h5-12H,3-4H2,1-2H3. The van der Waals surface area contributed by atoms with Crippen molar-refractivity contribution in [1.29, 1.82) is 0 Å². The van der Waals surface area contributed by atoms with Gasteiger partial charge in [-0.05, 0) is 31.0 Å². The molecule has 0 aliphatic heterocycles. The molecule has 0 aliphatic carbocycles. The Kier molecular flexibility index (Phi) is 4.88. The van der Waals surface area contributed by atoms with Gasteiger partial charge in [-0.25, -0.2) is 0 Å². The highest BCUT2D eigenvalue weighted by Crippen LogP contribution is 2.21. The molecule has 3 nitrogen and oxygen atoms in total. The minimum absolute atomic E-state index is 0.315. The number of para-hydroxylation sites is 1. The molecule has 0 saturated heterocycles. The van der Waals surface area contributed by atoms with E-state index in [2.05, 4.69) is 0 Å². The van der Waals surface area contributed by atoms with Crippen LogP contribution in [-0.2, 0) is 6.42 Å². The van der Waals surface area contributed by atoms with Crippen LogP contribution in [0.3, 0.4) is 0 Å². The molecule has 3 heteroatoms. The van der Waals surface area contributed by atoms with Gasteiger partial charge in [-0.15, -0.1) is 0 Å². The summed E-state index contributed by atoms with van der Waals surface area (Å²) >= 11 is 0. The van der Waals surface area contributed by atoms with E-state index >= 15 is 0 Å². The number of hydrogen-bond donors (Lipinski definition) is 0. The zero-order valence-corrected chi connectivity index (χ0v) is 12.3. The van der Waals surface area contributed by atoms with Gasteiger partial charge in [0.05, 0.1) is 12.2 Å². The molecule has 0 bridgehead atoms. The van der Waals surface area contributed by atoms with Crippen LogP contribution in [0.15, 0.2) is 48.5 Å². The lowest BCUT2D eigenvalue weighted by molar-refractivity contribution is 0.0814. The number of Topliss-reactive ketones (excluding diaryl/α,β-unsaturated/α-hetero) is 2. The number of aryl methyl sites for hydroxylation is 1. The highest BCUT2D eigenvalue weighted by Gasteiger charge is 2.23. The molecule has 0 heterocycles. The lowest BCUT2D eigenvalue weighted by Crippen LogP contribution is -2.17. The van der Waals surface area contributed by atoms with Crippen molar-refractivity contribution in [3.63, 3.8) is 0 Å². The molecule has 21 heavy (non-hydrogen) atoms. The van der Waals surface area contributed by atoms with Gasteiger partial charge in [-0.2, -0.15) is 0 Å². The van der Waals surface area contributed by atoms with Crippen molar-refractivity contribution >= 4 is 11.6 Å². The quantitative estimate of drug-likeness (QED) is 0.599. The Labute approximate surface area is 124 Å². The minimum Gasteiger partial charge on any atom is -0.493 e. The smallest absolute Gasteiger partial charge is 0.237 e. The molecule has 2 aromatic rings. The fourth-order valence-electron chi connectivity index (χ4n) is 2.23. The van der Waals surface area contributed by atoms with Gasteiger partial charge in [0.2, 0.25) is 11.6 Å². The zero-order valence-electron chi connectivity index (χ0n) is 12.3. The van der Waals surface area contributed by atoms with E-state index in [1.54, 1.807) is 36.4 Å². The third-order valence-corrected chi connectivity index (χ3v) is 3.28. The summed E-state index contributed by atoms with van der Waals surface area (Å²) in [4.78, 5) is 25.0. The van der Waals surface area contributed by atoms with E-state index in [9.17, 15) is 9.59 Å². The summed E-state index contributed by atoms with van der Waals surface area (Å²) < 4.78 is 5.43. The highest BCUT2D eigenvalue weighted by atomic mass is 16.5. The summed E-state index contributed by atoms with van der Waals surface area (Å²) in [7, 11) is 0. The third-order valence-electron chi connectivity index (χ3n) is 3.28. The largest absolute Gasteiger partial charge is 0.493 e. The van der Waals surface area contributed by atoms with Crippen LogP contribution >= 0.6 is 0 Å². The fraction of sp³-hybridized carbons (Fsp3) is 0.222.